The fraction of sp³-hybridized carbons (Fsp3) is 0.417. The lowest BCUT2D eigenvalue weighted by atomic mass is 10.2. The van der Waals surface area contributed by atoms with Gasteiger partial charge in [-0.25, -0.2) is 0 Å². The van der Waals surface area contributed by atoms with Crippen LogP contribution in [0.3, 0.4) is 0 Å². The highest BCUT2D eigenvalue weighted by molar-refractivity contribution is 9.10. The highest BCUT2D eigenvalue weighted by atomic mass is 79.9. The number of benzene rings is 1. The van der Waals surface area contributed by atoms with Crippen LogP contribution in [0, 0.1) is 0 Å². The minimum absolute atomic E-state index is 0.0935. The van der Waals surface area contributed by atoms with Crippen molar-refractivity contribution in [1.82, 2.24) is 10.2 Å². The predicted molar refractivity (Wildman–Crippen MR) is 70.8 cm³/mol. The van der Waals surface area contributed by atoms with Crippen LogP contribution in [0.1, 0.15) is 12.0 Å². The summed E-state index contributed by atoms with van der Waals surface area (Å²) in [5.74, 6) is 0.343. The Labute approximate surface area is 110 Å². The van der Waals surface area contributed by atoms with Crippen LogP contribution < -0.4 is 5.32 Å². The lowest BCUT2D eigenvalue weighted by Crippen LogP contribution is -2.26. The van der Waals surface area contributed by atoms with Gasteiger partial charge in [-0.15, -0.1) is 0 Å². The van der Waals surface area contributed by atoms with Gasteiger partial charge < -0.3 is 15.3 Å². The Kier molecular flexibility index (Phi) is 5.44. The third kappa shape index (κ3) is 4.36. The Bertz CT molecular complexity index is 394. The van der Waals surface area contributed by atoms with Gasteiger partial charge in [0.25, 0.3) is 0 Å². The molecular formula is C12H17BrN2O2. The average Bonchev–Trinajstić information content (AvgIpc) is 2.29. The van der Waals surface area contributed by atoms with Crippen LogP contribution in [-0.2, 0) is 11.3 Å². The van der Waals surface area contributed by atoms with E-state index in [2.05, 4.69) is 21.2 Å². The van der Waals surface area contributed by atoms with Gasteiger partial charge in [-0.1, -0.05) is 12.1 Å². The monoisotopic (exact) mass is 300 g/mol. The first-order chi connectivity index (χ1) is 8.02. The molecule has 5 heteroatoms. The molecule has 0 bridgehead atoms. The van der Waals surface area contributed by atoms with E-state index in [9.17, 15) is 9.90 Å². The molecule has 0 fully saturated rings. The van der Waals surface area contributed by atoms with Crippen molar-refractivity contribution in [2.75, 3.05) is 20.6 Å². The maximum Gasteiger partial charge on any atom is 0.223 e. The molecule has 1 aromatic rings. The molecule has 0 saturated carbocycles. The summed E-state index contributed by atoms with van der Waals surface area (Å²) >= 11 is 3.26. The van der Waals surface area contributed by atoms with Crippen LogP contribution in [0.25, 0.3) is 0 Å². The van der Waals surface area contributed by atoms with E-state index in [4.69, 9.17) is 0 Å². The van der Waals surface area contributed by atoms with Crippen LogP contribution in [0.15, 0.2) is 22.7 Å². The second-order valence-electron chi connectivity index (χ2n) is 3.96. The molecule has 1 rings (SSSR count). The van der Waals surface area contributed by atoms with Crippen molar-refractivity contribution in [3.63, 3.8) is 0 Å². The summed E-state index contributed by atoms with van der Waals surface area (Å²) in [5.41, 5.74) is 0.816. The Morgan fingerprint density at radius 2 is 2.18 bits per heavy atom. The fourth-order valence-electron chi connectivity index (χ4n) is 1.34. The molecule has 0 aromatic heterocycles. The largest absolute Gasteiger partial charge is 0.506 e. The number of para-hydroxylation sites is 1. The Balaban J connectivity index is 2.36. The maximum absolute atomic E-state index is 11.3. The number of rotatable bonds is 5. The van der Waals surface area contributed by atoms with Gasteiger partial charge in [0.05, 0.1) is 4.47 Å². The SMILES string of the molecule is CN(C)C(=O)CCNCc1cccc(Br)c1O. The van der Waals surface area contributed by atoms with Gasteiger partial charge in [0.2, 0.25) is 5.91 Å². The van der Waals surface area contributed by atoms with Crippen molar-refractivity contribution >= 4 is 21.8 Å². The number of phenols is 1. The molecular weight excluding hydrogens is 284 g/mol. The van der Waals surface area contributed by atoms with Gasteiger partial charge in [0.1, 0.15) is 5.75 Å². The highest BCUT2D eigenvalue weighted by Gasteiger charge is 2.05. The van der Waals surface area contributed by atoms with Crippen LogP contribution in [0.4, 0.5) is 0 Å². The highest BCUT2D eigenvalue weighted by Crippen LogP contribution is 2.27. The summed E-state index contributed by atoms with van der Waals surface area (Å²) in [6, 6.07) is 5.50. The van der Waals surface area contributed by atoms with Gasteiger partial charge in [-0.05, 0) is 22.0 Å². The lowest BCUT2D eigenvalue weighted by Gasteiger charge is -2.11. The second kappa shape index (κ2) is 6.61. The zero-order valence-corrected chi connectivity index (χ0v) is 11.6. The number of nitrogens with zero attached hydrogens (tertiary/aromatic N) is 1. The molecule has 0 aliphatic carbocycles. The zero-order chi connectivity index (χ0) is 12.8. The topological polar surface area (TPSA) is 52.6 Å². The molecule has 2 N–H and O–H groups in total. The number of carbonyl (C=O) groups is 1. The molecule has 4 nitrogen and oxygen atoms in total. The quantitative estimate of drug-likeness (QED) is 0.814. The van der Waals surface area contributed by atoms with Crippen molar-refractivity contribution in [3.8, 4) is 5.75 Å². The molecule has 1 aromatic carbocycles. The lowest BCUT2D eigenvalue weighted by molar-refractivity contribution is -0.128. The van der Waals surface area contributed by atoms with E-state index < -0.39 is 0 Å². The van der Waals surface area contributed by atoms with Crippen molar-refractivity contribution < 1.29 is 9.90 Å². The van der Waals surface area contributed by atoms with E-state index in [1.807, 2.05) is 12.1 Å². The number of phenolic OH excluding ortho intramolecular Hbond substituents is 1. The van der Waals surface area contributed by atoms with Crippen molar-refractivity contribution in [2.24, 2.45) is 0 Å². The summed E-state index contributed by atoms with van der Waals surface area (Å²) in [6.07, 6.45) is 0.460. The van der Waals surface area contributed by atoms with Crippen LogP contribution >= 0.6 is 15.9 Å². The Morgan fingerprint density at radius 3 is 2.82 bits per heavy atom. The molecule has 0 radical (unpaired) electrons. The number of nitrogens with one attached hydrogen (secondary N) is 1. The minimum Gasteiger partial charge on any atom is -0.506 e. The van der Waals surface area contributed by atoms with Gasteiger partial charge in [0, 0.05) is 39.2 Å². The number of aromatic hydroxyl groups is 1. The molecule has 94 valence electrons. The third-order valence-electron chi connectivity index (χ3n) is 2.40. The number of hydrogen-bond acceptors (Lipinski definition) is 3. The van der Waals surface area contributed by atoms with Gasteiger partial charge in [-0.3, -0.25) is 4.79 Å². The van der Waals surface area contributed by atoms with Gasteiger partial charge >= 0.3 is 0 Å². The Morgan fingerprint density at radius 1 is 1.47 bits per heavy atom. The molecule has 0 unspecified atom stereocenters. The zero-order valence-electron chi connectivity index (χ0n) is 10.0. The first-order valence-corrected chi connectivity index (χ1v) is 6.19. The molecule has 17 heavy (non-hydrogen) atoms. The first kappa shape index (κ1) is 14.0. The van der Waals surface area contributed by atoms with Crippen molar-refractivity contribution in [3.05, 3.63) is 28.2 Å². The molecule has 0 atom stereocenters. The maximum atomic E-state index is 11.3. The molecule has 0 aliphatic rings. The summed E-state index contributed by atoms with van der Waals surface area (Å²) in [5, 5.41) is 12.9. The normalized spacial score (nSPS) is 10.3. The second-order valence-corrected chi connectivity index (χ2v) is 4.82. The fourth-order valence-corrected chi connectivity index (χ4v) is 1.75. The predicted octanol–water partition coefficient (Wildman–Crippen LogP) is 1.72. The molecule has 1 amide bonds. The summed E-state index contributed by atoms with van der Waals surface area (Å²) in [6.45, 7) is 1.15. The number of halogens is 1. The van der Waals surface area contributed by atoms with E-state index in [0.29, 0.717) is 24.0 Å². The number of hydrogen-bond donors (Lipinski definition) is 2. The van der Waals surface area contributed by atoms with E-state index in [1.54, 1.807) is 25.1 Å². The summed E-state index contributed by atoms with van der Waals surface area (Å²) < 4.78 is 0.682. The number of amides is 1. The van der Waals surface area contributed by atoms with Crippen molar-refractivity contribution in [2.45, 2.75) is 13.0 Å². The first-order valence-electron chi connectivity index (χ1n) is 5.39. The van der Waals surface area contributed by atoms with Gasteiger partial charge in [0.15, 0.2) is 0 Å². The average molecular weight is 301 g/mol. The van der Waals surface area contributed by atoms with E-state index in [1.165, 1.54) is 0 Å². The van der Waals surface area contributed by atoms with E-state index in [0.717, 1.165) is 5.56 Å². The Hall–Kier alpha value is -1.07. The molecule has 0 spiro atoms. The standard InChI is InChI=1S/C12H17BrN2O2/c1-15(2)11(16)6-7-14-8-9-4-3-5-10(13)12(9)17/h3-5,14,17H,6-8H2,1-2H3. The van der Waals surface area contributed by atoms with Crippen LogP contribution in [0.5, 0.6) is 5.75 Å². The number of carbonyl (C=O) groups excluding carboxylic acids is 1. The molecule has 0 saturated heterocycles. The van der Waals surface area contributed by atoms with Crippen LogP contribution in [0.2, 0.25) is 0 Å². The smallest absolute Gasteiger partial charge is 0.223 e. The van der Waals surface area contributed by atoms with Crippen LogP contribution in [-0.4, -0.2) is 36.6 Å². The molecule has 0 aliphatic heterocycles. The minimum atomic E-state index is 0.0935. The third-order valence-corrected chi connectivity index (χ3v) is 3.04. The van der Waals surface area contributed by atoms with E-state index >= 15 is 0 Å². The van der Waals surface area contributed by atoms with E-state index in [-0.39, 0.29) is 11.7 Å². The summed E-state index contributed by atoms with van der Waals surface area (Å²) in [4.78, 5) is 12.9. The molecule has 0 heterocycles. The summed E-state index contributed by atoms with van der Waals surface area (Å²) in [7, 11) is 3.48. The van der Waals surface area contributed by atoms with Gasteiger partial charge in [-0.2, -0.15) is 0 Å². The van der Waals surface area contributed by atoms with Crippen molar-refractivity contribution in [1.29, 1.82) is 0 Å².